The Kier molecular flexibility index (Phi) is 9.94. The van der Waals surface area contributed by atoms with Crippen molar-refractivity contribution in [2.45, 2.75) is 77.0 Å². The van der Waals surface area contributed by atoms with E-state index in [0.717, 1.165) is 6.42 Å². The van der Waals surface area contributed by atoms with Gasteiger partial charge in [-0.2, -0.15) is 6.08 Å². The van der Waals surface area contributed by atoms with Crippen LogP contribution in [-0.2, 0) is 35.1 Å². The summed E-state index contributed by atoms with van der Waals surface area (Å²) in [7, 11) is 0. The van der Waals surface area contributed by atoms with Crippen LogP contribution in [0.1, 0.15) is 88.5 Å². The molecule has 0 N–H and O–H groups in total. The average Bonchev–Trinajstić information content (AvgIpc) is 3.62. The van der Waals surface area contributed by atoms with Gasteiger partial charge in [0.15, 0.2) is 0 Å². The zero-order valence-corrected chi connectivity index (χ0v) is 26.4. The predicted octanol–water partition coefficient (Wildman–Crippen LogP) is 3.30. The molecule has 1 fully saturated rings. The molecule has 4 aliphatic rings. The number of halogens is 2. The Labute approximate surface area is 250 Å². The number of allylic oxidation sites excluding steroid dienone is 6. The molecule has 0 nitrogen and oxygen atoms in total. The van der Waals surface area contributed by atoms with Gasteiger partial charge in [-0.25, -0.2) is 12.2 Å². The molecule has 0 aromatic heterocycles. The van der Waals surface area contributed by atoms with E-state index in [4.69, 9.17) is 0 Å². The van der Waals surface area contributed by atoms with E-state index in [-0.39, 0.29) is 35.6 Å². The second-order valence-corrected chi connectivity index (χ2v) is 13.2. The zero-order valence-electron chi connectivity index (χ0n) is 22.4. The van der Waals surface area contributed by atoms with Gasteiger partial charge in [0.05, 0.1) is 0 Å². The van der Waals surface area contributed by atoms with Crippen LogP contribution in [0, 0.1) is 6.08 Å². The SMILES string of the molecule is CC1(C)C=Cc2cc3c(cc21)[cH-]c1cc2c(cc13)C=CC2(C)C.[C-]1=CC=CC1.[Cl-].[Cl-].[Zr+2]=[C]1CCCCC1. The molecule has 0 amide bonds. The summed E-state index contributed by atoms with van der Waals surface area (Å²) < 4.78 is 1.80. The molecule has 37 heavy (non-hydrogen) atoms. The third kappa shape index (κ3) is 6.44. The zero-order chi connectivity index (χ0) is 24.6. The van der Waals surface area contributed by atoms with Crippen LogP contribution >= 0.6 is 0 Å². The summed E-state index contributed by atoms with van der Waals surface area (Å²) in [6, 6.07) is 11.9. The van der Waals surface area contributed by atoms with Crippen LogP contribution in [0.2, 0.25) is 0 Å². The molecule has 0 aliphatic heterocycles. The van der Waals surface area contributed by atoms with Crippen LogP contribution < -0.4 is 24.8 Å². The molecular formula is C34H36Cl2Zr-2. The maximum absolute atomic E-state index is 2.99. The van der Waals surface area contributed by atoms with E-state index in [1.54, 1.807) is 27.4 Å². The van der Waals surface area contributed by atoms with Gasteiger partial charge in [0, 0.05) is 10.8 Å². The van der Waals surface area contributed by atoms with Gasteiger partial charge in [-0.05, 0) is 11.1 Å². The summed E-state index contributed by atoms with van der Waals surface area (Å²) in [6.07, 6.45) is 26.5. The third-order valence-corrected chi connectivity index (χ3v) is 9.06. The Morgan fingerprint density at radius 3 is 1.62 bits per heavy atom. The van der Waals surface area contributed by atoms with E-state index in [0.29, 0.717) is 0 Å². The van der Waals surface area contributed by atoms with Crippen molar-refractivity contribution in [1.29, 1.82) is 0 Å². The van der Waals surface area contributed by atoms with Gasteiger partial charge in [0.1, 0.15) is 0 Å². The Bertz CT molecular complexity index is 1310. The Morgan fingerprint density at radius 1 is 0.757 bits per heavy atom. The van der Waals surface area contributed by atoms with Gasteiger partial charge in [-0.3, -0.25) is 6.08 Å². The Morgan fingerprint density at radius 2 is 1.27 bits per heavy atom. The standard InChI is InChI=1S/C23H21.C6H10.C5H5.2ClH.Zr/c1-22(2)7-5-14-10-18-16(12-20(14)22)9-17-13-21-15(11-19(17)18)6-8-23(21,3)4;1-2-4-6-5-3-1;1-2-4-5-3-1;;;/h5-13H,1-4H3;1-5H2;1-3H,4H2;2*1H;/q-1;;-1;;;+2/p-2. The molecule has 4 aliphatic carbocycles. The molecule has 1 saturated carbocycles. The van der Waals surface area contributed by atoms with Gasteiger partial charge in [0.2, 0.25) is 0 Å². The van der Waals surface area contributed by atoms with E-state index in [1.807, 2.05) is 12.2 Å². The van der Waals surface area contributed by atoms with Crippen molar-refractivity contribution < 1.29 is 49.0 Å². The van der Waals surface area contributed by atoms with Crippen molar-refractivity contribution in [3.05, 3.63) is 89.0 Å². The Balaban J connectivity index is 0.000000226. The van der Waals surface area contributed by atoms with Gasteiger partial charge >= 0.3 is 59.5 Å². The number of hydrogen-bond acceptors (Lipinski definition) is 0. The summed E-state index contributed by atoms with van der Waals surface area (Å²) in [5, 5.41) is 5.53. The van der Waals surface area contributed by atoms with E-state index < -0.39 is 0 Å². The monoisotopic (exact) mass is 604 g/mol. The van der Waals surface area contributed by atoms with Crippen molar-refractivity contribution in [3.63, 3.8) is 0 Å². The summed E-state index contributed by atoms with van der Waals surface area (Å²) in [6.45, 7) is 9.19. The van der Waals surface area contributed by atoms with Gasteiger partial charge in [-0.15, -0.1) is 46.2 Å². The molecule has 3 heteroatoms. The topological polar surface area (TPSA) is 0 Å². The first-order chi connectivity index (χ1) is 16.7. The van der Waals surface area contributed by atoms with Crippen molar-refractivity contribution >= 4 is 36.9 Å². The molecule has 0 bridgehead atoms. The van der Waals surface area contributed by atoms with Crippen molar-refractivity contribution in [3.8, 4) is 0 Å². The van der Waals surface area contributed by atoms with Gasteiger partial charge < -0.3 is 24.8 Å². The molecule has 0 atom stereocenters. The van der Waals surface area contributed by atoms with Crippen LogP contribution in [0.5, 0.6) is 0 Å². The Hall–Kier alpha value is -1.40. The summed E-state index contributed by atoms with van der Waals surface area (Å²) in [4.78, 5) is 0. The van der Waals surface area contributed by atoms with Crippen molar-refractivity contribution in [2.24, 2.45) is 0 Å². The number of hydrogen-bond donors (Lipinski definition) is 0. The fraction of sp³-hybridized carbons (Fsp3) is 0.353. The summed E-state index contributed by atoms with van der Waals surface area (Å²) in [5.41, 5.74) is 5.97. The first-order valence-electron chi connectivity index (χ1n) is 13.1. The molecule has 192 valence electrons. The minimum absolute atomic E-state index is 0. The maximum atomic E-state index is 2.99. The molecule has 0 spiro atoms. The molecule has 0 saturated heterocycles. The van der Waals surface area contributed by atoms with E-state index in [9.17, 15) is 0 Å². The molecule has 7 rings (SSSR count). The fourth-order valence-electron chi connectivity index (χ4n) is 5.63. The fourth-order valence-corrected chi connectivity index (χ4v) is 6.49. The quantitative estimate of drug-likeness (QED) is 0.345. The van der Waals surface area contributed by atoms with Crippen molar-refractivity contribution in [2.75, 3.05) is 0 Å². The molecular weight excluding hydrogens is 571 g/mol. The molecule has 3 aromatic carbocycles. The number of benzene rings is 2. The molecule has 0 unspecified atom stereocenters. The number of rotatable bonds is 0. The van der Waals surface area contributed by atoms with E-state index in [2.05, 4.69) is 94.5 Å². The molecule has 3 aromatic rings. The normalized spacial score (nSPS) is 18.9. The second kappa shape index (κ2) is 12.2. The van der Waals surface area contributed by atoms with Crippen LogP contribution in [0.4, 0.5) is 0 Å². The van der Waals surface area contributed by atoms with Crippen molar-refractivity contribution in [1.82, 2.24) is 0 Å². The number of fused-ring (bicyclic) bond motifs is 5. The third-order valence-electron chi connectivity index (χ3n) is 7.83. The summed E-state index contributed by atoms with van der Waals surface area (Å²) in [5.74, 6) is 0. The minimum atomic E-state index is 0. The van der Waals surface area contributed by atoms with Crippen LogP contribution in [0.3, 0.4) is 0 Å². The van der Waals surface area contributed by atoms with Crippen LogP contribution in [0.25, 0.3) is 33.7 Å². The van der Waals surface area contributed by atoms with E-state index in [1.165, 1.54) is 75.9 Å². The molecule has 0 heterocycles. The van der Waals surface area contributed by atoms with Crippen LogP contribution in [-0.4, -0.2) is 3.21 Å². The van der Waals surface area contributed by atoms with Crippen LogP contribution in [0.15, 0.2) is 60.7 Å². The molecule has 0 radical (unpaired) electrons. The second-order valence-electron chi connectivity index (χ2n) is 11.5. The first kappa shape index (κ1) is 30.1. The van der Waals surface area contributed by atoms with E-state index >= 15 is 0 Å². The van der Waals surface area contributed by atoms with Gasteiger partial charge in [0.25, 0.3) is 0 Å². The average molecular weight is 607 g/mol. The summed E-state index contributed by atoms with van der Waals surface area (Å²) >= 11 is 1.69. The predicted molar refractivity (Wildman–Crippen MR) is 151 cm³/mol. The van der Waals surface area contributed by atoms with Gasteiger partial charge in [-0.1, -0.05) is 75.3 Å². The first-order valence-corrected chi connectivity index (χ1v) is 14.4.